The number of benzene rings is 2. The first-order chi connectivity index (χ1) is 12.0. The summed E-state index contributed by atoms with van der Waals surface area (Å²) in [5.41, 5.74) is 1.97. The van der Waals surface area contributed by atoms with E-state index in [9.17, 15) is 13.6 Å². The molecule has 25 heavy (non-hydrogen) atoms. The minimum absolute atomic E-state index is 0.312. The molecule has 1 aromatic heterocycles. The molecule has 130 valence electrons. The van der Waals surface area contributed by atoms with Crippen LogP contribution in [0.3, 0.4) is 0 Å². The van der Waals surface area contributed by atoms with E-state index < -0.39 is 12.2 Å². The quantitative estimate of drug-likeness (QED) is 0.665. The van der Waals surface area contributed by atoms with Gasteiger partial charge in [0.2, 0.25) is 0 Å². The molecule has 0 radical (unpaired) electrons. The molecular weight excluding hydrogens is 371 g/mol. The zero-order valence-corrected chi connectivity index (χ0v) is 14.3. The molecule has 0 aliphatic rings. The van der Waals surface area contributed by atoms with Crippen LogP contribution >= 0.6 is 23.2 Å². The highest BCUT2D eigenvalue weighted by atomic mass is 35.5. The maximum Gasteiger partial charge on any atom is 0.295 e. The van der Waals surface area contributed by atoms with Gasteiger partial charge in [-0.3, -0.25) is 4.79 Å². The Morgan fingerprint density at radius 2 is 2.04 bits per heavy atom. The number of aromatic amines is 1. The van der Waals surface area contributed by atoms with Crippen LogP contribution in [0.15, 0.2) is 36.4 Å². The highest BCUT2D eigenvalue weighted by Crippen LogP contribution is 2.25. The average molecular weight is 384 g/mol. The van der Waals surface area contributed by atoms with E-state index in [1.54, 1.807) is 18.2 Å². The first kappa shape index (κ1) is 17.6. The Morgan fingerprint density at radius 1 is 1.24 bits per heavy atom. The number of amides is 1. The molecule has 0 aliphatic heterocycles. The smallest absolute Gasteiger partial charge is 0.295 e. The van der Waals surface area contributed by atoms with Gasteiger partial charge >= 0.3 is 0 Å². The summed E-state index contributed by atoms with van der Waals surface area (Å²) in [6.07, 6.45) is -2.17. The fraction of sp³-hybridized carbons (Fsp3) is 0.176. The molecule has 0 unspecified atom stereocenters. The third-order valence-corrected chi connectivity index (χ3v) is 4.54. The third kappa shape index (κ3) is 3.91. The second-order valence-electron chi connectivity index (χ2n) is 5.37. The van der Waals surface area contributed by atoms with Gasteiger partial charge in [0.1, 0.15) is 0 Å². The second-order valence-corrected chi connectivity index (χ2v) is 6.16. The lowest BCUT2D eigenvalue weighted by Crippen LogP contribution is -2.25. The molecule has 4 nitrogen and oxygen atoms in total. The molecule has 0 fully saturated rings. The van der Waals surface area contributed by atoms with Crippen molar-refractivity contribution in [2.75, 3.05) is 6.54 Å². The number of rotatable bonds is 5. The summed E-state index contributed by atoms with van der Waals surface area (Å²) in [4.78, 5) is 18.5. The van der Waals surface area contributed by atoms with Crippen molar-refractivity contribution in [1.82, 2.24) is 15.3 Å². The summed E-state index contributed by atoms with van der Waals surface area (Å²) in [6, 6.07) is 9.89. The van der Waals surface area contributed by atoms with Gasteiger partial charge in [0.05, 0.1) is 21.1 Å². The van der Waals surface area contributed by atoms with Crippen molar-refractivity contribution in [3.8, 4) is 0 Å². The van der Waals surface area contributed by atoms with E-state index in [0.717, 1.165) is 5.56 Å². The zero-order valence-electron chi connectivity index (χ0n) is 12.8. The first-order valence-electron chi connectivity index (χ1n) is 7.44. The van der Waals surface area contributed by atoms with Crippen LogP contribution in [-0.4, -0.2) is 22.4 Å². The number of fused-ring (bicyclic) bond motifs is 1. The highest BCUT2D eigenvalue weighted by molar-refractivity contribution is 6.42. The van der Waals surface area contributed by atoms with Crippen LogP contribution in [-0.2, 0) is 6.42 Å². The molecule has 0 bridgehead atoms. The number of imidazole rings is 1. The van der Waals surface area contributed by atoms with Gasteiger partial charge in [-0.05, 0) is 36.2 Å². The van der Waals surface area contributed by atoms with E-state index in [1.807, 2.05) is 6.07 Å². The molecule has 2 aromatic carbocycles. The minimum atomic E-state index is -2.69. The number of carbonyl (C=O) groups excluding carboxylic acids is 1. The maximum atomic E-state index is 12.7. The molecule has 0 aliphatic carbocycles. The van der Waals surface area contributed by atoms with E-state index in [2.05, 4.69) is 15.3 Å². The lowest BCUT2D eigenvalue weighted by Gasteiger charge is -2.08. The standard InChI is InChI=1S/C17H13Cl2F2N3O/c18-11-3-1-2-9(14(11)19)6-7-22-17(25)10-4-5-12-13(8-10)24-16(23-12)15(20)21/h1-5,8,15H,6-7H2,(H,22,25)(H,23,24). The monoisotopic (exact) mass is 383 g/mol. The van der Waals surface area contributed by atoms with Crippen LogP contribution in [0.2, 0.25) is 10.0 Å². The molecule has 1 heterocycles. The molecule has 3 aromatic rings. The van der Waals surface area contributed by atoms with Crippen molar-refractivity contribution in [2.45, 2.75) is 12.8 Å². The second kappa shape index (κ2) is 7.37. The number of nitrogens with one attached hydrogen (secondary N) is 2. The molecule has 0 atom stereocenters. The topological polar surface area (TPSA) is 57.8 Å². The van der Waals surface area contributed by atoms with E-state index >= 15 is 0 Å². The van der Waals surface area contributed by atoms with Gasteiger partial charge in [0.15, 0.2) is 5.82 Å². The molecule has 8 heteroatoms. The summed E-state index contributed by atoms with van der Waals surface area (Å²) in [5.74, 6) is -0.726. The number of alkyl halides is 2. The maximum absolute atomic E-state index is 12.7. The van der Waals surface area contributed by atoms with Crippen LogP contribution in [0.4, 0.5) is 8.78 Å². The Bertz CT molecular complexity index is 927. The van der Waals surface area contributed by atoms with Crippen molar-refractivity contribution in [2.24, 2.45) is 0 Å². The van der Waals surface area contributed by atoms with Crippen LogP contribution in [0, 0.1) is 0 Å². The van der Waals surface area contributed by atoms with Gasteiger partial charge in [0.25, 0.3) is 12.3 Å². The van der Waals surface area contributed by atoms with Crippen molar-refractivity contribution in [3.05, 3.63) is 63.4 Å². The van der Waals surface area contributed by atoms with Crippen molar-refractivity contribution in [1.29, 1.82) is 0 Å². The Balaban J connectivity index is 1.66. The molecule has 0 spiro atoms. The predicted octanol–water partition coefficient (Wildman–Crippen LogP) is 4.78. The van der Waals surface area contributed by atoms with Gasteiger partial charge in [-0.25, -0.2) is 13.8 Å². The molecule has 2 N–H and O–H groups in total. The van der Waals surface area contributed by atoms with Gasteiger partial charge in [-0.2, -0.15) is 0 Å². The summed E-state index contributed by atoms with van der Waals surface area (Å²) >= 11 is 12.1. The number of carbonyl (C=O) groups is 1. The Labute approximate surface area is 152 Å². The molecular formula is C17H13Cl2F2N3O. The van der Waals surface area contributed by atoms with Crippen molar-refractivity contribution < 1.29 is 13.6 Å². The Hall–Kier alpha value is -2.18. The van der Waals surface area contributed by atoms with Crippen LogP contribution in [0.5, 0.6) is 0 Å². The summed E-state index contributed by atoms with van der Waals surface area (Å²) < 4.78 is 25.3. The Kier molecular flexibility index (Phi) is 5.20. The van der Waals surface area contributed by atoms with Crippen molar-refractivity contribution in [3.63, 3.8) is 0 Å². The lowest BCUT2D eigenvalue weighted by molar-refractivity contribution is 0.0954. The summed E-state index contributed by atoms with van der Waals surface area (Å²) in [7, 11) is 0. The number of nitrogens with zero attached hydrogens (tertiary/aromatic N) is 1. The molecule has 3 rings (SSSR count). The van der Waals surface area contributed by atoms with Crippen LogP contribution < -0.4 is 5.32 Å². The lowest BCUT2D eigenvalue weighted by atomic mass is 10.1. The number of hydrogen-bond donors (Lipinski definition) is 2. The van der Waals surface area contributed by atoms with Gasteiger partial charge < -0.3 is 10.3 Å². The fourth-order valence-electron chi connectivity index (χ4n) is 2.43. The van der Waals surface area contributed by atoms with Crippen molar-refractivity contribution >= 4 is 40.1 Å². The largest absolute Gasteiger partial charge is 0.352 e. The van der Waals surface area contributed by atoms with Gasteiger partial charge in [-0.15, -0.1) is 0 Å². The number of hydrogen-bond acceptors (Lipinski definition) is 2. The minimum Gasteiger partial charge on any atom is -0.352 e. The fourth-order valence-corrected chi connectivity index (χ4v) is 2.84. The first-order valence-corrected chi connectivity index (χ1v) is 8.20. The third-order valence-electron chi connectivity index (χ3n) is 3.68. The zero-order chi connectivity index (χ0) is 18.0. The van der Waals surface area contributed by atoms with Crippen LogP contribution in [0.25, 0.3) is 11.0 Å². The van der Waals surface area contributed by atoms with E-state index in [-0.39, 0.29) is 5.91 Å². The predicted molar refractivity (Wildman–Crippen MR) is 93.5 cm³/mol. The molecule has 0 saturated carbocycles. The highest BCUT2D eigenvalue weighted by Gasteiger charge is 2.14. The normalized spacial score (nSPS) is 11.2. The van der Waals surface area contributed by atoms with Crippen LogP contribution in [0.1, 0.15) is 28.2 Å². The van der Waals surface area contributed by atoms with E-state index in [4.69, 9.17) is 23.2 Å². The van der Waals surface area contributed by atoms with E-state index in [1.165, 1.54) is 12.1 Å². The van der Waals surface area contributed by atoms with Gasteiger partial charge in [-0.1, -0.05) is 35.3 Å². The summed E-state index contributed by atoms with van der Waals surface area (Å²) in [6.45, 7) is 0.363. The SMILES string of the molecule is O=C(NCCc1cccc(Cl)c1Cl)c1ccc2nc(C(F)F)[nH]c2c1. The Morgan fingerprint density at radius 3 is 2.80 bits per heavy atom. The number of halogens is 4. The number of aromatic nitrogens is 2. The molecule has 1 amide bonds. The van der Waals surface area contributed by atoms with E-state index in [0.29, 0.717) is 39.6 Å². The molecule has 0 saturated heterocycles. The number of H-pyrrole nitrogens is 1. The van der Waals surface area contributed by atoms with Gasteiger partial charge in [0, 0.05) is 12.1 Å². The average Bonchev–Trinajstić information content (AvgIpc) is 3.02. The summed E-state index contributed by atoms with van der Waals surface area (Å²) in [5, 5.41) is 3.70.